The molecule has 1 N–H and O–H groups in total. The number of hydrogen-bond acceptors (Lipinski definition) is 7. The number of carbonyl (C=O) groups is 2. The number of aliphatic hydroxyl groups excluding tert-OH is 1. The van der Waals surface area contributed by atoms with Gasteiger partial charge >= 0.3 is 0 Å². The molecule has 0 bridgehead atoms. The van der Waals surface area contributed by atoms with E-state index >= 15 is 0 Å². The average Bonchev–Trinajstić information content (AvgIpc) is 3.54. The number of Topliss-reactive ketones (excluding diaryl/α,β-unsaturated/α-hetero) is 1. The second kappa shape index (κ2) is 13.0. The monoisotopic (exact) mass is 537 g/mol. The van der Waals surface area contributed by atoms with Gasteiger partial charge < -0.3 is 29.0 Å². The number of nitrogens with zero attached hydrogens (tertiary/aromatic N) is 1. The third-order valence-electron chi connectivity index (χ3n) is 7.02. The first kappa shape index (κ1) is 28.5. The van der Waals surface area contributed by atoms with Gasteiger partial charge in [0.25, 0.3) is 11.7 Å². The van der Waals surface area contributed by atoms with E-state index in [4.69, 9.17) is 18.9 Å². The molecule has 0 aliphatic carbocycles. The summed E-state index contributed by atoms with van der Waals surface area (Å²) in [4.78, 5) is 28.2. The van der Waals surface area contributed by atoms with Crippen LogP contribution in [0.2, 0.25) is 0 Å². The van der Waals surface area contributed by atoms with Crippen molar-refractivity contribution < 1.29 is 33.6 Å². The van der Waals surface area contributed by atoms with Crippen LogP contribution in [0, 0.1) is 5.92 Å². The zero-order valence-electron chi connectivity index (χ0n) is 23.3. The van der Waals surface area contributed by atoms with Gasteiger partial charge in [0, 0.05) is 18.7 Å². The van der Waals surface area contributed by atoms with E-state index in [1.807, 2.05) is 13.0 Å². The fraction of sp³-hybridized carbons (Fsp3) is 0.484. The summed E-state index contributed by atoms with van der Waals surface area (Å²) < 4.78 is 23.0. The van der Waals surface area contributed by atoms with Crippen molar-refractivity contribution in [2.45, 2.75) is 58.6 Å². The maximum atomic E-state index is 13.4. The fourth-order valence-electron chi connectivity index (χ4n) is 4.89. The first-order valence-corrected chi connectivity index (χ1v) is 13.8. The van der Waals surface area contributed by atoms with Crippen LogP contribution >= 0.6 is 0 Å². The van der Waals surface area contributed by atoms with Crippen molar-refractivity contribution in [1.82, 2.24) is 4.90 Å². The number of ether oxygens (including phenoxy) is 4. The molecule has 8 heteroatoms. The molecule has 8 nitrogen and oxygen atoms in total. The fourth-order valence-corrected chi connectivity index (χ4v) is 4.89. The molecule has 2 saturated heterocycles. The number of amides is 1. The van der Waals surface area contributed by atoms with Gasteiger partial charge in [0.15, 0.2) is 11.5 Å². The first-order chi connectivity index (χ1) is 18.8. The SMILES string of the molecule is CCCOc1ccc(/C(O)=C2\C(=O)C(=O)N(CC3CCCO3)C2c2ccc(OCCC(C)C)c(OC)c2)cc1. The number of benzene rings is 2. The van der Waals surface area contributed by atoms with E-state index in [0.717, 1.165) is 25.7 Å². The third-order valence-corrected chi connectivity index (χ3v) is 7.02. The molecule has 2 aliphatic rings. The molecular weight excluding hydrogens is 498 g/mol. The lowest BCUT2D eigenvalue weighted by molar-refractivity contribution is -0.140. The summed E-state index contributed by atoms with van der Waals surface area (Å²) >= 11 is 0. The second-order valence-electron chi connectivity index (χ2n) is 10.4. The molecule has 2 unspecified atom stereocenters. The number of rotatable bonds is 12. The Bertz CT molecular complexity index is 1180. The van der Waals surface area contributed by atoms with Crippen LogP contribution in [0.15, 0.2) is 48.0 Å². The van der Waals surface area contributed by atoms with Gasteiger partial charge in [-0.15, -0.1) is 0 Å². The van der Waals surface area contributed by atoms with Crippen molar-refractivity contribution in [2.75, 3.05) is 33.5 Å². The number of methoxy groups -OCH3 is 1. The van der Waals surface area contributed by atoms with E-state index < -0.39 is 17.7 Å². The molecule has 0 saturated carbocycles. The predicted octanol–water partition coefficient (Wildman–Crippen LogP) is 5.51. The highest BCUT2D eigenvalue weighted by atomic mass is 16.5. The maximum absolute atomic E-state index is 13.4. The molecular formula is C31H39NO7. The minimum atomic E-state index is -0.802. The Labute approximate surface area is 230 Å². The van der Waals surface area contributed by atoms with E-state index in [-0.39, 0.29) is 24.0 Å². The van der Waals surface area contributed by atoms with Crippen LogP contribution in [0.5, 0.6) is 17.2 Å². The standard InChI is InChI=1S/C31H39NO7/c1-5-15-37-23-11-8-21(9-12-23)29(33)27-28(32(31(35)30(27)34)19-24-7-6-16-38-24)22-10-13-25(26(18-22)36-4)39-17-14-20(2)3/h8-13,18,20,24,28,33H,5-7,14-17,19H2,1-4H3/b29-27+. The van der Waals surface area contributed by atoms with Gasteiger partial charge in [0.1, 0.15) is 11.5 Å². The highest BCUT2D eigenvalue weighted by Crippen LogP contribution is 2.42. The Morgan fingerprint density at radius 2 is 1.85 bits per heavy atom. The largest absolute Gasteiger partial charge is 0.507 e. The predicted molar refractivity (Wildman–Crippen MR) is 148 cm³/mol. The zero-order chi connectivity index (χ0) is 27.9. The molecule has 2 fully saturated rings. The quantitative estimate of drug-likeness (QED) is 0.217. The smallest absolute Gasteiger partial charge is 0.295 e. The Balaban J connectivity index is 1.73. The van der Waals surface area contributed by atoms with E-state index in [2.05, 4.69) is 13.8 Å². The van der Waals surface area contributed by atoms with Crippen LogP contribution in [0.4, 0.5) is 0 Å². The highest BCUT2D eigenvalue weighted by molar-refractivity contribution is 6.46. The third kappa shape index (κ3) is 6.56. The number of carbonyl (C=O) groups excluding carboxylic acids is 2. The van der Waals surface area contributed by atoms with Gasteiger partial charge in [0.2, 0.25) is 0 Å². The molecule has 2 aromatic rings. The van der Waals surface area contributed by atoms with Crippen LogP contribution in [-0.2, 0) is 14.3 Å². The Hall–Kier alpha value is -3.52. The summed E-state index contributed by atoms with van der Waals surface area (Å²) in [5.41, 5.74) is 1.11. The average molecular weight is 538 g/mol. The second-order valence-corrected chi connectivity index (χ2v) is 10.4. The van der Waals surface area contributed by atoms with Crippen LogP contribution in [-0.4, -0.2) is 61.3 Å². The van der Waals surface area contributed by atoms with E-state index in [1.54, 1.807) is 43.5 Å². The summed E-state index contributed by atoms with van der Waals surface area (Å²) in [5.74, 6) is 0.638. The Morgan fingerprint density at radius 3 is 2.49 bits per heavy atom. The number of likely N-dealkylation sites (tertiary alicyclic amines) is 1. The van der Waals surface area contributed by atoms with E-state index in [0.29, 0.717) is 54.1 Å². The minimum Gasteiger partial charge on any atom is -0.507 e. The van der Waals surface area contributed by atoms with E-state index in [9.17, 15) is 14.7 Å². The Kier molecular flexibility index (Phi) is 9.51. The number of ketones is 1. The molecule has 210 valence electrons. The summed E-state index contributed by atoms with van der Waals surface area (Å²) in [6, 6.07) is 11.5. The zero-order valence-corrected chi connectivity index (χ0v) is 23.3. The van der Waals surface area contributed by atoms with Crippen molar-refractivity contribution >= 4 is 17.4 Å². The molecule has 0 radical (unpaired) electrons. The highest BCUT2D eigenvalue weighted by Gasteiger charge is 2.47. The number of aliphatic hydroxyl groups is 1. The van der Waals surface area contributed by atoms with Crippen molar-refractivity contribution in [3.63, 3.8) is 0 Å². The van der Waals surface area contributed by atoms with Crippen molar-refractivity contribution in [2.24, 2.45) is 5.92 Å². The topological polar surface area (TPSA) is 94.5 Å². The first-order valence-electron chi connectivity index (χ1n) is 13.8. The summed E-state index contributed by atoms with van der Waals surface area (Å²) in [6.45, 7) is 8.29. The summed E-state index contributed by atoms with van der Waals surface area (Å²) in [6.07, 6.45) is 3.32. The van der Waals surface area contributed by atoms with Gasteiger partial charge in [0.05, 0.1) is 38.0 Å². The minimum absolute atomic E-state index is 0.0377. The van der Waals surface area contributed by atoms with Crippen molar-refractivity contribution in [3.8, 4) is 17.2 Å². The van der Waals surface area contributed by atoms with Gasteiger partial charge in [-0.25, -0.2) is 0 Å². The molecule has 4 rings (SSSR count). The molecule has 2 aliphatic heterocycles. The molecule has 0 aromatic heterocycles. The lowest BCUT2D eigenvalue weighted by Crippen LogP contribution is -2.36. The van der Waals surface area contributed by atoms with Gasteiger partial charge in [-0.2, -0.15) is 0 Å². The van der Waals surface area contributed by atoms with Crippen LogP contribution in [0.25, 0.3) is 5.76 Å². The molecule has 0 spiro atoms. The number of hydrogen-bond donors (Lipinski definition) is 1. The molecule has 2 aromatic carbocycles. The lowest BCUT2D eigenvalue weighted by Gasteiger charge is -2.28. The van der Waals surface area contributed by atoms with Gasteiger partial charge in [-0.3, -0.25) is 9.59 Å². The Morgan fingerprint density at radius 1 is 1.08 bits per heavy atom. The van der Waals surface area contributed by atoms with E-state index in [1.165, 1.54) is 4.90 Å². The van der Waals surface area contributed by atoms with Gasteiger partial charge in [-0.05, 0) is 73.6 Å². The molecule has 2 heterocycles. The normalized spacial score (nSPS) is 20.6. The van der Waals surface area contributed by atoms with Crippen LogP contribution in [0.1, 0.15) is 63.6 Å². The van der Waals surface area contributed by atoms with Crippen molar-refractivity contribution in [1.29, 1.82) is 0 Å². The van der Waals surface area contributed by atoms with Crippen molar-refractivity contribution in [3.05, 3.63) is 59.2 Å². The summed E-state index contributed by atoms with van der Waals surface area (Å²) in [7, 11) is 1.56. The molecule has 2 atom stereocenters. The molecule has 1 amide bonds. The van der Waals surface area contributed by atoms with Gasteiger partial charge in [-0.1, -0.05) is 26.8 Å². The maximum Gasteiger partial charge on any atom is 0.295 e. The van der Waals surface area contributed by atoms with Crippen LogP contribution in [0.3, 0.4) is 0 Å². The molecule has 39 heavy (non-hydrogen) atoms. The van der Waals surface area contributed by atoms with Crippen LogP contribution < -0.4 is 14.2 Å². The lowest BCUT2D eigenvalue weighted by atomic mass is 9.94. The summed E-state index contributed by atoms with van der Waals surface area (Å²) in [5, 5.41) is 11.4.